The molecule has 0 aromatic heterocycles. The summed E-state index contributed by atoms with van der Waals surface area (Å²) in [5, 5.41) is 0. The Balaban J connectivity index is 1.52. The molecule has 28 heavy (non-hydrogen) atoms. The van der Waals surface area contributed by atoms with Crippen molar-refractivity contribution in [1.82, 2.24) is 4.90 Å². The molecule has 2 saturated heterocycles. The number of anilines is 1. The zero-order chi connectivity index (χ0) is 19.7. The van der Waals surface area contributed by atoms with Gasteiger partial charge in [-0.05, 0) is 48.6 Å². The molecule has 2 amide bonds. The van der Waals surface area contributed by atoms with E-state index >= 15 is 0 Å². The van der Waals surface area contributed by atoms with E-state index in [1.165, 1.54) is 12.1 Å². The van der Waals surface area contributed by atoms with Crippen LogP contribution in [-0.4, -0.2) is 29.8 Å². The van der Waals surface area contributed by atoms with Gasteiger partial charge in [-0.15, -0.1) is 0 Å². The van der Waals surface area contributed by atoms with E-state index in [0.29, 0.717) is 13.1 Å². The third-order valence-electron chi connectivity index (χ3n) is 5.93. The maximum atomic E-state index is 13.3. The standard InChI is InChI=1S/C23H25FN2O2/c1-2-16-6-3-4-7-20(16)26-15-18(14-22(26)27)23(28)25-13-5-8-21(25)17-9-11-19(24)12-10-17/h3-4,6-7,9-12,18,21H,2,5,8,13-15H2,1H3. The summed E-state index contributed by atoms with van der Waals surface area (Å²) in [6.07, 6.45) is 2.90. The van der Waals surface area contributed by atoms with Crippen LogP contribution < -0.4 is 4.90 Å². The molecule has 4 rings (SSSR count). The minimum absolute atomic E-state index is 0.0109. The van der Waals surface area contributed by atoms with E-state index in [2.05, 4.69) is 6.92 Å². The van der Waals surface area contributed by atoms with Crippen molar-refractivity contribution in [1.29, 1.82) is 0 Å². The molecule has 0 bridgehead atoms. The summed E-state index contributed by atoms with van der Waals surface area (Å²) < 4.78 is 13.3. The Morgan fingerprint density at radius 1 is 1.14 bits per heavy atom. The van der Waals surface area contributed by atoms with Crippen molar-refractivity contribution in [2.45, 2.75) is 38.6 Å². The number of benzene rings is 2. The minimum Gasteiger partial charge on any atom is -0.335 e. The second-order valence-corrected chi connectivity index (χ2v) is 7.63. The molecule has 0 radical (unpaired) electrons. The van der Waals surface area contributed by atoms with Crippen LogP contribution in [0.3, 0.4) is 0 Å². The molecule has 5 heteroatoms. The predicted molar refractivity (Wildman–Crippen MR) is 106 cm³/mol. The van der Waals surface area contributed by atoms with Crippen LogP contribution in [0.15, 0.2) is 48.5 Å². The molecule has 0 aliphatic carbocycles. The number of hydrogen-bond acceptors (Lipinski definition) is 2. The second kappa shape index (κ2) is 7.74. The zero-order valence-corrected chi connectivity index (χ0v) is 16.1. The third kappa shape index (κ3) is 3.41. The van der Waals surface area contributed by atoms with Gasteiger partial charge in [0, 0.05) is 25.2 Å². The average molecular weight is 380 g/mol. The molecule has 0 spiro atoms. The summed E-state index contributed by atoms with van der Waals surface area (Å²) in [7, 11) is 0. The molecular weight excluding hydrogens is 355 g/mol. The average Bonchev–Trinajstić information content (AvgIpc) is 3.35. The number of amides is 2. The van der Waals surface area contributed by atoms with Gasteiger partial charge in [0.1, 0.15) is 5.82 Å². The van der Waals surface area contributed by atoms with E-state index < -0.39 is 0 Å². The SMILES string of the molecule is CCc1ccccc1N1CC(C(=O)N2CCCC2c2ccc(F)cc2)CC1=O. The smallest absolute Gasteiger partial charge is 0.228 e. The minimum atomic E-state index is -0.321. The van der Waals surface area contributed by atoms with Gasteiger partial charge in [-0.1, -0.05) is 37.3 Å². The molecule has 2 aliphatic rings. The fraction of sp³-hybridized carbons (Fsp3) is 0.391. The number of rotatable bonds is 4. The van der Waals surface area contributed by atoms with Crippen molar-refractivity contribution in [3.63, 3.8) is 0 Å². The Kier molecular flexibility index (Phi) is 5.16. The Morgan fingerprint density at radius 2 is 1.89 bits per heavy atom. The van der Waals surface area contributed by atoms with Gasteiger partial charge in [-0.2, -0.15) is 0 Å². The van der Waals surface area contributed by atoms with Crippen LogP contribution in [0.4, 0.5) is 10.1 Å². The first-order valence-electron chi connectivity index (χ1n) is 10.0. The van der Waals surface area contributed by atoms with Crippen LogP contribution >= 0.6 is 0 Å². The predicted octanol–water partition coefficient (Wildman–Crippen LogP) is 4.10. The molecule has 2 aliphatic heterocycles. The van der Waals surface area contributed by atoms with E-state index in [4.69, 9.17) is 0 Å². The van der Waals surface area contributed by atoms with Crippen molar-refractivity contribution in [3.8, 4) is 0 Å². The van der Waals surface area contributed by atoms with E-state index in [-0.39, 0.29) is 36.0 Å². The molecule has 146 valence electrons. The maximum Gasteiger partial charge on any atom is 0.228 e. The lowest BCUT2D eigenvalue weighted by Gasteiger charge is -2.28. The fourth-order valence-corrected chi connectivity index (χ4v) is 4.48. The van der Waals surface area contributed by atoms with Gasteiger partial charge in [-0.3, -0.25) is 9.59 Å². The van der Waals surface area contributed by atoms with Crippen LogP contribution in [0, 0.1) is 11.7 Å². The molecule has 0 N–H and O–H groups in total. The summed E-state index contributed by atoms with van der Waals surface area (Å²) in [6.45, 7) is 3.19. The Labute approximate surface area is 164 Å². The van der Waals surface area contributed by atoms with Gasteiger partial charge in [0.15, 0.2) is 0 Å². The lowest BCUT2D eigenvalue weighted by atomic mass is 10.0. The van der Waals surface area contributed by atoms with Gasteiger partial charge in [-0.25, -0.2) is 4.39 Å². The van der Waals surface area contributed by atoms with Crippen molar-refractivity contribution < 1.29 is 14.0 Å². The van der Waals surface area contributed by atoms with Crippen LogP contribution in [-0.2, 0) is 16.0 Å². The number of carbonyl (C=O) groups is 2. The van der Waals surface area contributed by atoms with Gasteiger partial charge in [0.25, 0.3) is 0 Å². The Hall–Kier alpha value is -2.69. The highest BCUT2D eigenvalue weighted by atomic mass is 19.1. The van der Waals surface area contributed by atoms with Crippen molar-refractivity contribution in [2.75, 3.05) is 18.0 Å². The number of nitrogens with zero attached hydrogens (tertiary/aromatic N) is 2. The lowest BCUT2D eigenvalue weighted by Crippen LogP contribution is -2.37. The Morgan fingerprint density at radius 3 is 2.64 bits per heavy atom. The van der Waals surface area contributed by atoms with Gasteiger partial charge in [0.2, 0.25) is 11.8 Å². The second-order valence-electron chi connectivity index (χ2n) is 7.63. The van der Waals surface area contributed by atoms with Gasteiger partial charge >= 0.3 is 0 Å². The van der Waals surface area contributed by atoms with Crippen LogP contribution in [0.25, 0.3) is 0 Å². The van der Waals surface area contributed by atoms with Crippen LogP contribution in [0.2, 0.25) is 0 Å². The number of carbonyl (C=O) groups excluding carboxylic acids is 2. The molecule has 2 atom stereocenters. The number of likely N-dealkylation sites (tertiary alicyclic amines) is 1. The topological polar surface area (TPSA) is 40.6 Å². The van der Waals surface area contributed by atoms with Crippen molar-refractivity contribution in [3.05, 3.63) is 65.5 Å². The Bertz CT molecular complexity index is 880. The lowest BCUT2D eigenvalue weighted by molar-refractivity contribution is -0.136. The monoisotopic (exact) mass is 380 g/mol. The van der Waals surface area contributed by atoms with E-state index in [0.717, 1.165) is 36.1 Å². The fourth-order valence-electron chi connectivity index (χ4n) is 4.48. The van der Waals surface area contributed by atoms with Crippen molar-refractivity contribution in [2.24, 2.45) is 5.92 Å². The molecule has 2 aromatic carbocycles. The summed E-state index contributed by atoms with van der Waals surface area (Å²) in [6, 6.07) is 14.3. The highest BCUT2D eigenvalue weighted by molar-refractivity contribution is 6.01. The molecule has 0 saturated carbocycles. The quantitative estimate of drug-likeness (QED) is 0.801. The molecule has 4 nitrogen and oxygen atoms in total. The summed E-state index contributed by atoms with van der Waals surface area (Å²) in [5.74, 6) is -0.543. The van der Waals surface area contributed by atoms with Crippen LogP contribution in [0.5, 0.6) is 0 Å². The van der Waals surface area contributed by atoms with E-state index in [1.807, 2.05) is 29.2 Å². The number of para-hydroxylation sites is 1. The number of hydrogen-bond donors (Lipinski definition) is 0. The largest absolute Gasteiger partial charge is 0.335 e. The molecular formula is C23H25FN2O2. The van der Waals surface area contributed by atoms with Gasteiger partial charge < -0.3 is 9.80 Å². The highest BCUT2D eigenvalue weighted by Crippen LogP contribution is 2.36. The zero-order valence-electron chi connectivity index (χ0n) is 16.1. The van der Waals surface area contributed by atoms with E-state index in [1.54, 1.807) is 17.0 Å². The summed E-state index contributed by atoms with van der Waals surface area (Å²) >= 11 is 0. The first kappa shape index (κ1) is 18.7. The normalized spacial score (nSPS) is 22.1. The van der Waals surface area contributed by atoms with Crippen molar-refractivity contribution >= 4 is 17.5 Å². The molecule has 2 heterocycles. The summed E-state index contributed by atoms with van der Waals surface area (Å²) in [4.78, 5) is 29.6. The first-order chi connectivity index (χ1) is 13.6. The molecule has 2 unspecified atom stereocenters. The molecule has 2 fully saturated rings. The van der Waals surface area contributed by atoms with E-state index in [9.17, 15) is 14.0 Å². The maximum absolute atomic E-state index is 13.3. The van der Waals surface area contributed by atoms with Gasteiger partial charge in [0.05, 0.1) is 12.0 Å². The summed E-state index contributed by atoms with van der Waals surface area (Å²) in [5.41, 5.74) is 3.00. The number of halogens is 1. The highest BCUT2D eigenvalue weighted by Gasteiger charge is 2.40. The first-order valence-corrected chi connectivity index (χ1v) is 10.0. The van der Waals surface area contributed by atoms with Crippen LogP contribution in [0.1, 0.15) is 43.4 Å². The molecule has 2 aromatic rings. The number of aryl methyl sites for hydroxylation is 1. The third-order valence-corrected chi connectivity index (χ3v) is 5.93.